The molecule has 0 bridgehead atoms. The molecule has 5 heteroatoms. The molecule has 4 rings (SSSR count). The van der Waals surface area contributed by atoms with Gasteiger partial charge >= 0.3 is 0 Å². The lowest BCUT2D eigenvalue weighted by molar-refractivity contribution is 0.0580. The van der Waals surface area contributed by atoms with Crippen LogP contribution in [0.4, 0.5) is 4.39 Å². The predicted molar refractivity (Wildman–Crippen MR) is 82.1 cm³/mol. The van der Waals surface area contributed by atoms with E-state index in [-0.39, 0.29) is 17.6 Å². The van der Waals surface area contributed by atoms with Crippen molar-refractivity contribution >= 4 is 27.7 Å². The normalized spacial score (nSPS) is 19.5. The molecule has 2 aromatic carbocycles. The smallest absolute Gasteiger partial charge is 0.262 e. The van der Waals surface area contributed by atoms with Gasteiger partial charge in [0.1, 0.15) is 5.82 Å². The van der Waals surface area contributed by atoms with Crippen molar-refractivity contribution in [2.45, 2.75) is 18.9 Å². The quantitative estimate of drug-likeness (QED) is 0.724. The van der Waals surface area contributed by atoms with Crippen molar-refractivity contribution in [2.75, 3.05) is 0 Å². The average molecular weight is 360 g/mol. The maximum Gasteiger partial charge on any atom is 0.262 e. The average Bonchev–Trinajstić information content (AvgIpc) is 3.06. The Bertz CT molecular complexity index is 798. The summed E-state index contributed by atoms with van der Waals surface area (Å²) in [5.41, 5.74) is 2.11. The zero-order valence-electron chi connectivity index (χ0n) is 11.5. The molecule has 1 unspecified atom stereocenters. The van der Waals surface area contributed by atoms with Crippen molar-refractivity contribution < 1.29 is 14.0 Å². The highest BCUT2D eigenvalue weighted by atomic mass is 79.9. The Labute approximate surface area is 134 Å². The molecule has 2 aromatic rings. The Morgan fingerprint density at radius 1 is 1.05 bits per heavy atom. The van der Waals surface area contributed by atoms with Crippen LogP contribution in [-0.2, 0) is 6.42 Å². The fraction of sp³-hybridized carbons (Fsp3) is 0.176. The molecule has 1 aliphatic carbocycles. The first-order valence-corrected chi connectivity index (χ1v) is 7.82. The molecule has 0 saturated carbocycles. The lowest BCUT2D eigenvalue weighted by atomic mass is 10.1. The molecular formula is C17H11BrFNO2. The molecule has 0 aromatic heterocycles. The second kappa shape index (κ2) is 4.74. The van der Waals surface area contributed by atoms with Gasteiger partial charge in [0.05, 0.1) is 17.2 Å². The molecule has 0 N–H and O–H groups in total. The third-order valence-corrected chi connectivity index (χ3v) is 5.13. The molecule has 3 nitrogen and oxygen atoms in total. The molecular weight excluding hydrogens is 349 g/mol. The minimum atomic E-state index is -0.528. The van der Waals surface area contributed by atoms with E-state index in [2.05, 4.69) is 15.9 Å². The van der Waals surface area contributed by atoms with Gasteiger partial charge < -0.3 is 0 Å². The number of benzene rings is 2. The van der Waals surface area contributed by atoms with Crippen LogP contribution in [0, 0.1) is 5.82 Å². The van der Waals surface area contributed by atoms with Gasteiger partial charge in [0.2, 0.25) is 0 Å². The Morgan fingerprint density at radius 2 is 1.68 bits per heavy atom. The molecule has 110 valence electrons. The van der Waals surface area contributed by atoms with Crippen LogP contribution >= 0.6 is 15.9 Å². The van der Waals surface area contributed by atoms with Crippen molar-refractivity contribution in [2.24, 2.45) is 0 Å². The van der Waals surface area contributed by atoms with Gasteiger partial charge in [0.25, 0.3) is 11.8 Å². The van der Waals surface area contributed by atoms with Gasteiger partial charge in [-0.2, -0.15) is 0 Å². The summed E-state index contributed by atoms with van der Waals surface area (Å²) in [5, 5.41) is 0. The van der Waals surface area contributed by atoms with Crippen molar-refractivity contribution in [3.63, 3.8) is 0 Å². The van der Waals surface area contributed by atoms with Gasteiger partial charge in [-0.05, 0) is 42.7 Å². The largest absolute Gasteiger partial charge is 0.269 e. The Kier molecular flexibility index (Phi) is 2.94. The van der Waals surface area contributed by atoms with Crippen LogP contribution in [0.3, 0.4) is 0 Å². The predicted octanol–water partition coefficient (Wildman–Crippen LogP) is 3.87. The van der Waals surface area contributed by atoms with E-state index < -0.39 is 6.04 Å². The number of imide groups is 1. The van der Waals surface area contributed by atoms with Gasteiger partial charge in [0.15, 0.2) is 0 Å². The summed E-state index contributed by atoms with van der Waals surface area (Å²) in [6.07, 6.45) is 1.20. The molecule has 2 amide bonds. The highest BCUT2D eigenvalue weighted by Crippen LogP contribution is 2.43. The number of carbonyl (C=O) groups is 2. The van der Waals surface area contributed by atoms with Crippen molar-refractivity contribution in [1.82, 2.24) is 4.90 Å². The van der Waals surface area contributed by atoms with E-state index in [9.17, 15) is 14.0 Å². The number of carbonyl (C=O) groups excluding carboxylic acids is 2. The van der Waals surface area contributed by atoms with E-state index in [0.29, 0.717) is 29.5 Å². The zero-order chi connectivity index (χ0) is 15.4. The van der Waals surface area contributed by atoms with Crippen LogP contribution in [0.2, 0.25) is 0 Å². The van der Waals surface area contributed by atoms with E-state index in [0.717, 1.165) is 10.0 Å². The molecule has 0 fully saturated rings. The number of hydrogen-bond acceptors (Lipinski definition) is 2. The Morgan fingerprint density at radius 3 is 2.32 bits per heavy atom. The number of halogens is 2. The van der Waals surface area contributed by atoms with E-state index in [1.54, 1.807) is 30.3 Å². The SMILES string of the molecule is O=C1c2ccccc2C(=O)N1C1CCc2c(Br)ccc(F)c21. The Hall–Kier alpha value is -2.01. The first-order valence-electron chi connectivity index (χ1n) is 7.03. The van der Waals surface area contributed by atoms with E-state index in [1.807, 2.05) is 0 Å². The molecule has 0 radical (unpaired) electrons. The number of nitrogens with zero attached hydrogens (tertiary/aromatic N) is 1. The molecule has 1 atom stereocenters. The lowest BCUT2D eigenvalue weighted by Gasteiger charge is -2.23. The third-order valence-electron chi connectivity index (χ3n) is 4.38. The maximum atomic E-state index is 14.3. The van der Waals surface area contributed by atoms with Gasteiger partial charge in [0, 0.05) is 10.0 Å². The maximum absolute atomic E-state index is 14.3. The minimum absolute atomic E-state index is 0.335. The molecule has 0 saturated heterocycles. The molecule has 1 heterocycles. The molecule has 1 aliphatic heterocycles. The first-order chi connectivity index (χ1) is 10.6. The van der Waals surface area contributed by atoms with Crippen molar-refractivity contribution in [3.8, 4) is 0 Å². The monoisotopic (exact) mass is 359 g/mol. The highest BCUT2D eigenvalue weighted by Gasteiger charge is 2.43. The summed E-state index contributed by atoms with van der Waals surface area (Å²) in [7, 11) is 0. The summed E-state index contributed by atoms with van der Waals surface area (Å²) >= 11 is 3.42. The van der Waals surface area contributed by atoms with Crippen molar-refractivity contribution in [3.05, 3.63) is 68.9 Å². The minimum Gasteiger partial charge on any atom is -0.269 e. The summed E-state index contributed by atoms with van der Waals surface area (Å²) in [6.45, 7) is 0. The molecule has 2 aliphatic rings. The second-order valence-electron chi connectivity index (χ2n) is 5.50. The summed E-state index contributed by atoms with van der Waals surface area (Å²) < 4.78 is 15.1. The van der Waals surface area contributed by atoms with Gasteiger partial charge in [-0.3, -0.25) is 14.5 Å². The Balaban J connectivity index is 1.83. The number of amides is 2. The van der Waals surface area contributed by atoms with E-state index >= 15 is 0 Å². The van der Waals surface area contributed by atoms with Crippen LogP contribution in [0.1, 0.15) is 44.3 Å². The standard InChI is InChI=1S/C17H11BrFNO2/c18-12-6-7-13(19)15-11(12)5-8-14(15)20-16(21)9-3-1-2-4-10(9)17(20)22/h1-4,6-7,14H,5,8H2. The number of rotatable bonds is 1. The number of fused-ring (bicyclic) bond motifs is 2. The zero-order valence-corrected chi connectivity index (χ0v) is 13.1. The lowest BCUT2D eigenvalue weighted by Crippen LogP contribution is -2.33. The van der Waals surface area contributed by atoms with E-state index in [1.165, 1.54) is 11.0 Å². The van der Waals surface area contributed by atoms with Gasteiger partial charge in [-0.25, -0.2) is 4.39 Å². The summed E-state index contributed by atoms with van der Waals surface area (Å²) in [4.78, 5) is 26.4. The topological polar surface area (TPSA) is 37.4 Å². The van der Waals surface area contributed by atoms with Gasteiger partial charge in [-0.1, -0.05) is 28.1 Å². The fourth-order valence-electron chi connectivity index (χ4n) is 3.40. The van der Waals surface area contributed by atoms with Gasteiger partial charge in [-0.15, -0.1) is 0 Å². The highest BCUT2D eigenvalue weighted by molar-refractivity contribution is 9.10. The van der Waals surface area contributed by atoms with Crippen LogP contribution in [-0.4, -0.2) is 16.7 Å². The molecule has 22 heavy (non-hydrogen) atoms. The summed E-state index contributed by atoms with van der Waals surface area (Å²) in [6, 6.07) is 9.25. The summed E-state index contributed by atoms with van der Waals surface area (Å²) in [5.74, 6) is -1.03. The molecule has 0 spiro atoms. The van der Waals surface area contributed by atoms with Crippen LogP contribution in [0.25, 0.3) is 0 Å². The van der Waals surface area contributed by atoms with E-state index in [4.69, 9.17) is 0 Å². The van der Waals surface area contributed by atoms with Crippen LogP contribution in [0.15, 0.2) is 40.9 Å². The first kappa shape index (κ1) is 13.6. The fourth-order valence-corrected chi connectivity index (χ4v) is 3.94. The van der Waals surface area contributed by atoms with Crippen LogP contribution in [0.5, 0.6) is 0 Å². The third kappa shape index (κ3) is 1.72. The second-order valence-corrected chi connectivity index (χ2v) is 6.36. The van der Waals surface area contributed by atoms with Crippen molar-refractivity contribution in [1.29, 1.82) is 0 Å². The van der Waals surface area contributed by atoms with Crippen LogP contribution < -0.4 is 0 Å². The number of hydrogen-bond donors (Lipinski definition) is 0.